The van der Waals surface area contributed by atoms with Crippen molar-refractivity contribution in [1.82, 2.24) is 5.32 Å². The average Bonchev–Trinajstić information content (AvgIpc) is 2.69. The Kier molecular flexibility index (Phi) is 5.56. The first-order valence-corrected chi connectivity index (χ1v) is 5.21. The molecule has 82 valence electrons. The summed E-state index contributed by atoms with van der Waals surface area (Å²) >= 11 is 0. The Bertz CT molecular complexity index is 167. The topological polar surface area (TPSA) is 47.6 Å². The van der Waals surface area contributed by atoms with Gasteiger partial charge < -0.3 is 14.8 Å². The summed E-state index contributed by atoms with van der Waals surface area (Å²) in [5.41, 5.74) is 0. The van der Waals surface area contributed by atoms with Crippen molar-refractivity contribution in [2.75, 3.05) is 26.9 Å². The highest BCUT2D eigenvalue weighted by Crippen LogP contribution is 2.05. The number of methoxy groups -OCH3 is 1. The second kappa shape index (κ2) is 6.79. The van der Waals surface area contributed by atoms with Gasteiger partial charge in [0.1, 0.15) is 0 Å². The molecule has 1 unspecified atom stereocenters. The van der Waals surface area contributed by atoms with E-state index in [1.54, 1.807) is 0 Å². The molecule has 0 radical (unpaired) electrons. The lowest BCUT2D eigenvalue weighted by Gasteiger charge is -2.10. The molecule has 1 rings (SSSR count). The van der Waals surface area contributed by atoms with Crippen molar-refractivity contribution in [3.8, 4) is 0 Å². The largest absolute Gasteiger partial charge is 0.469 e. The molecular formula is C10H19NO3. The van der Waals surface area contributed by atoms with E-state index in [-0.39, 0.29) is 5.97 Å². The van der Waals surface area contributed by atoms with Crippen LogP contribution >= 0.6 is 0 Å². The van der Waals surface area contributed by atoms with Crippen molar-refractivity contribution >= 4 is 5.97 Å². The lowest BCUT2D eigenvalue weighted by atomic mass is 10.2. The van der Waals surface area contributed by atoms with Gasteiger partial charge in [-0.25, -0.2) is 0 Å². The number of carbonyl (C=O) groups is 1. The van der Waals surface area contributed by atoms with Crippen molar-refractivity contribution in [1.29, 1.82) is 0 Å². The van der Waals surface area contributed by atoms with Crippen LogP contribution in [-0.4, -0.2) is 38.9 Å². The normalized spacial score (nSPS) is 21.1. The van der Waals surface area contributed by atoms with Gasteiger partial charge in [-0.1, -0.05) is 0 Å². The predicted octanol–water partition coefficient (Wildman–Crippen LogP) is 0.708. The maximum Gasteiger partial charge on any atom is 0.305 e. The van der Waals surface area contributed by atoms with Gasteiger partial charge in [0.05, 0.1) is 13.7 Å². The molecular weight excluding hydrogens is 182 g/mol. The summed E-state index contributed by atoms with van der Waals surface area (Å²) in [5.74, 6) is -0.160. The summed E-state index contributed by atoms with van der Waals surface area (Å²) in [6.45, 7) is 2.52. The Balaban J connectivity index is 1.86. The average molecular weight is 201 g/mol. The molecule has 4 heteroatoms. The quantitative estimate of drug-likeness (QED) is 0.508. The molecule has 0 aromatic heterocycles. The maximum atomic E-state index is 10.7. The van der Waals surface area contributed by atoms with Crippen molar-refractivity contribution < 1.29 is 14.3 Å². The van der Waals surface area contributed by atoms with Crippen LogP contribution in [-0.2, 0) is 14.3 Å². The second-order valence-electron chi connectivity index (χ2n) is 3.55. The van der Waals surface area contributed by atoms with Gasteiger partial charge in [0.15, 0.2) is 0 Å². The molecule has 0 spiro atoms. The molecule has 4 nitrogen and oxygen atoms in total. The molecule has 1 N–H and O–H groups in total. The fraction of sp³-hybridized carbons (Fsp3) is 0.900. The third-order valence-corrected chi connectivity index (χ3v) is 2.38. The van der Waals surface area contributed by atoms with E-state index in [1.807, 2.05) is 0 Å². The van der Waals surface area contributed by atoms with E-state index in [1.165, 1.54) is 20.0 Å². The van der Waals surface area contributed by atoms with Crippen LogP contribution in [0.1, 0.15) is 25.7 Å². The summed E-state index contributed by atoms with van der Waals surface area (Å²) in [6, 6.07) is 0.521. The number of nitrogens with one attached hydrogen (secondary N) is 1. The van der Waals surface area contributed by atoms with Gasteiger partial charge >= 0.3 is 5.97 Å². The Morgan fingerprint density at radius 1 is 1.57 bits per heavy atom. The number of hydrogen-bond donors (Lipinski definition) is 1. The molecule has 1 atom stereocenters. The number of hydrogen-bond acceptors (Lipinski definition) is 4. The summed E-state index contributed by atoms with van der Waals surface area (Å²) < 4.78 is 9.97. The monoisotopic (exact) mass is 201 g/mol. The van der Waals surface area contributed by atoms with E-state index >= 15 is 0 Å². The number of carbonyl (C=O) groups excluding carboxylic acids is 1. The Labute approximate surface area is 85.0 Å². The summed E-state index contributed by atoms with van der Waals surface area (Å²) in [6.07, 6.45) is 3.65. The minimum Gasteiger partial charge on any atom is -0.469 e. The van der Waals surface area contributed by atoms with Crippen LogP contribution in [0.3, 0.4) is 0 Å². The minimum atomic E-state index is -0.160. The molecule has 0 aliphatic carbocycles. The van der Waals surface area contributed by atoms with Gasteiger partial charge in [0.25, 0.3) is 0 Å². The van der Waals surface area contributed by atoms with E-state index < -0.39 is 0 Å². The number of rotatable bonds is 6. The molecule has 1 aliphatic heterocycles. The van der Waals surface area contributed by atoms with Crippen LogP contribution in [0.15, 0.2) is 0 Å². The maximum absolute atomic E-state index is 10.7. The Morgan fingerprint density at radius 2 is 2.43 bits per heavy atom. The Morgan fingerprint density at radius 3 is 3.07 bits per heavy atom. The van der Waals surface area contributed by atoms with Crippen LogP contribution in [0, 0.1) is 0 Å². The summed E-state index contributed by atoms with van der Waals surface area (Å²) in [7, 11) is 1.41. The molecule has 0 aromatic rings. The predicted molar refractivity (Wildman–Crippen MR) is 53.1 cm³/mol. The first-order chi connectivity index (χ1) is 6.83. The SMILES string of the molecule is COC(=O)CCCOCC1CCCN1. The van der Waals surface area contributed by atoms with Crippen LogP contribution in [0.4, 0.5) is 0 Å². The smallest absolute Gasteiger partial charge is 0.305 e. The van der Waals surface area contributed by atoms with E-state index in [0.29, 0.717) is 19.1 Å². The van der Waals surface area contributed by atoms with Crippen molar-refractivity contribution in [2.45, 2.75) is 31.7 Å². The number of esters is 1. The van der Waals surface area contributed by atoms with Crippen molar-refractivity contribution in [3.63, 3.8) is 0 Å². The van der Waals surface area contributed by atoms with Crippen LogP contribution in [0.5, 0.6) is 0 Å². The molecule has 0 saturated carbocycles. The lowest BCUT2D eigenvalue weighted by Crippen LogP contribution is -2.26. The van der Waals surface area contributed by atoms with Crippen molar-refractivity contribution in [2.24, 2.45) is 0 Å². The minimum absolute atomic E-state index is 0.160. The molecule has 1 saturated heterocycles. The first kappa shape index (κ1) is 11.5. The van der Waals surface area contributed by atoms with Gasteiger partial charge in [-0.15, -0.1) is 0 Å². The molecule has 1 heterocycles. The first-order valence-electron chi connectivity index (χ1n) is 5.21. The highest BCUT2D eigenvalue weighted by Gasteiger charge is 2.13. The summed E-state index contributed by atoms with van der Waals surface area (Å²) in [5, 5.41) is 3.35. The lowest BCUT2D eigenvalue weighted by molar-refractivity contribution is -0.141. The van der Waals surface area contributed by atoms with E-state index in [2.05, 4.69) is 10.1 Å². The molecule has 1 fully saturated rings. The van der Waals surface area contributed by atoms with Crippen molar-refractivity contribution in [3.05, 3.63) is 0 Å². The van der Waals surface area contributed by atoms with E-state index in [9.17, 15) is 4.79 Å². The van der Waals surface area contributed by atoms with Gasteiger partial charge in [0, 0.05) is 19.1 Å². The summed E-state index contributed by atoms with van der Waals surface area (Å²) in [4.78, 5) is 10.7. The van der Waals surface area contributed by atoms with Gasteiger partial charge in [-0.3, -0.25) is 4.79 Å². The molecule has 1 aliphatic rings. The zero-order chi connectivity index (χ0) is 10.2. The van der Waals surface area contributed by atoms with Gasteiger partial charge in [-0.2, -0.15) is 0 Å². The molecule has 0 bridgehead atoms. The highest BCUT2D eigenvalue weighted by atomic mass is 16.5. The third kappa shape index (κ3) is 4.58. The van der Waals surface area contributed by atoms with Crippen LogP contribution in [0.25, 0.3) is 0 Å². The second-order valence-corrected chi connectivity index (χ2v) is 3.55. The molecule has 0 amide bonds. The fourth-order valence-corrected chi connectivity index (χ4v) is 1.55. The zero-order valence-electron chi connectivity index (χ0n) is 8.75. The van der Waals surface area contributed by atoms with E-state index in [0.717, 1.165) is 19.6 Å². The van der Waals surface area contributed by atoms with Gasteiger partial charge in [0.2, 0.25) is 0 Å². The fourth-order valence-electron chi connectivity index (χ4n) is 1.55. The standard InChI is InChI=1S/C10H19NO3/c1-13-10(12)5-3-7-14-8-9-4-2-6-11-9/h9,11H,2-8H2,1H3. The third-order valence-electron chi connectivity index (χ3n) is 2.38. The van der Waals surface area contributed by atoms with Crippen LogP contribution in [0.2, 0.25) is 0 Å². The Hall–Kier alpha value is -0.610. The van der Waals surface area contributed by atoms with Gasteiger partial charge in [-0.05, 0) is 25.8 Å². The van der Waals surface area contributed by atoms with Crippen LogP contribution < -0.4 is 5.32 Å². The highest BCUT2D eigenvalue weighted by molar-refractivity contribution is 5.68. The molecule has 0 aromatic carbocycles. The number of ether oxygens (including phenoxy) is 2. The zero-order valence-corrected chi connectivity index (χ0v) is 8.75. The van der Waals surface area contributed by atoms with E-state index in [4.69, 9.17) is 4.74 Å². The molecule has 14 heavy (non-hydrogen) atoms.